The first-order valence-electron chi connectivity index (χ1n) is 6.16. The van der Waals surface area contributed by atoms with Crippen LogP contribution in [0.2, 0.25) is 5.02 Å². The maximum absolute atomic E-state index is 11.9. The van der Waals surface area contributed by atoms with Crippen LogP contribution in [0.1, 0.15) is 17.3 Å². The lowest BCUT2D eigenvalue weighted by molar-refractivity contribution is -0.121. The summed E-state index contributed by atoms with van der Waals surface area (Å²) < 4.78 is 0. The first-order chi connectivity index (χ1) is 9.85. The highest BCUT2D eigenvalue weighted by Gasteiger charge is 2.14. The van der Waals surface area contributed by atoms with Crippen LogP contribution >= 0.6 is 11.6 Å². The number of nitrogens with one attached hydrogen (secondary N) is 2. The summed E-state index contributed by atoms with van der Waals surface area (Å²) in [7, 11) is 1.47. The summed E-state index contributed by atoms with van der Waals surface area (Å²) in [5.74, 6) is -1.42. The second-order valence-electron chi connectivity index (χ2n) is 4.24. The highest BCUT2D eigenvalue weighted by atomic mass is 35.5. The van der Waals surface area contributed by atoms with Gasteiger partial charge in [0.15, 0.2) is 0 Å². The van der Waals surface area contributed by atoms with Crippen molar-refractivity contribution in [3.05, 3.63) is 28.8 Å². The van der Waals surface area contributed by atoms with Crippen molar-refractivity contribution in [2.75, 3.05) is 25.5 Å². The lowest BCUT2D eigenvalue weighted by atomic mass is 10.2. The first-order valence-corrected chi connectivity index (χ1v) is 6.54. The van der Waals surface area contributed by atoms with Gasteiger partial charge in [0, 0.05) is 19.3 Å². The van der Waals surface area contributed by atoms with E-state index in [1.807, 2.05) is 0 Å². The van der Waals surface area contributed by atoms with E-state index in [2.05, 4.69) is 10.6 Å². The van der Waals surface area contributed by atoms with Gasteiger partial charge in [-0.25, -0.2) is 9.59 Å². The summed E-state index contributed by atoms with van der Waals surface area (Å²) in [6.07, 6.45) is 0. The highest BCUT2D eigenvalue weighted by Crippen LogP contribution is 2.21. The average Bonchev–Trinajstić information content (AvgIpc) is 2.38. The lowest BCUT2D eigenvalue weighted by Crippen LogP contribution is -2.40. The van der Waals surface area contributed by atoms with E-state index in [9.17, 15) is 14.4 Å². The van der Waals surface area contributed by atoms with Crippen molar-refractivity contribution in [1.82, 2.24) is 10.2 Å². The number of carboxylic acid groups (broad SMARTS) is 1. The average molecular weight is 314 g/mol. The van der Waals surface area contributed by atoms with E-state index in [1.165, 1.54) is 30.1 Å². The fourth-order valence-electron chi connectivity index (χ4n) is 1.53. The van der Waals surface area contributed by atoms with Gasteiger partial charge >= 0.3 is 12.0 Å². The molecule has 0 aliphatic carbocycles. The van der Waals surface area contributed by atoms with Gasteiger partial charge in [-0.3, -0.25) is 4.79 Å². The minimum atomic E-state index is -1.15. The molecule has 1 aromatic rings. The Hall–Kier alpha value is -2.28. The summed E-state index contributed by atoms with van der Waals surface area (Å²) in [6.45, 7) is 2.19. The molecule has 0 bridgehead atoms. The summed E-state index contributed by atoms with van der Waals surface area (Å²) in [5, 5.41) is 14.0. The number of nitrogens with zero attached hydrogens (tertiary/aromatic N) is 1. The number of likely N-dealkylation sites (N-methyl/N-ethyl adjacent to an activating group) is 2. The smallest absolute Gasteiger partial charge is 0.337 e. The van der Waals surface area contributed by atoms with E-state index in [0.717, 1.165) is 0 Å². The van der Waals surface area contributed by atoms with Crippen LogP contribution in [0.5, 0.6) is 0 Å². The van der Waals surface area contributed by atoms with Gasteiger partial charge < -0.3 is 20.6 Å². The van der Waals surface area contributed by atoms with Crippen LogP contribution in [-0.4, -0.2) is 48.1 Å². The monoisotopic (exact) mass is 313 g/mol. The molecule has 0 unspecified atom stereocenters. The number of benzene rings is 1. The van der Waals surface area contributed by atoms with Crippen molar-refractivity contribution in [3.63, 3.8) is 0 Å². The number of carbonyl (C=O) groups excluding carboxylic acids is 2. The van der Waals surface area contributed by atoms with E-state index in [0.29, 0.717) is 12.2 Å². The molecule has 114 valence electrons. The van der Waals surface area contributed by atoms with Crippen LogP contribution in [0, 0.1) is 0 Å². The molecular formula is C13H16ClN3O4. The number of halogens is 1. The molecule has 0 fully saturated rings. The molecule has 3 N–H and O–H groups in total. The number of carbonyl (C=O) groups is 3. The van der Waals surface area contributed by atoms with Crippen LogP contribution < -0.4 is 10.6 Å². The molecule has 7 nitrogen and oxygen atoms in total. The minimum Gasteiger partial charge on any atom is -0.478 e. The van der Waals surface area contributed by atoms with Gasteiger partial charge in [0.25, 0.3) is 0 Å². The third-order valence-corrected chi connectivity index (χ3v) is 2.86. The fourth-order valence-corrected chi connectivity index (χ4v) is 1.79. The van der Waals surface area contributed by atoms with Crippen molar-refractivity contribution in [2.24, 2.45) is 0 Å². The topological polar surface area (TPSA) is 98.7 Å². The first kappa shape index (κ1) is 16.8. The van der Waals surface area contributed by atoms with Crippen molar-refractivity contribution in [2.45, 2.75) is 6.92 Å². The Morgan fingerprint density at radius 2 is 2.00 bits per heavy atom. The number of amides is 3. The molecule has 0 heterocycles. The second kappa shape index (κ2) is 7.49. The standard InChI is InChI=1S/C13H16ClN3O4/c1-3-15-11(18)7-17(2)13(21)16-8-4-5-9(12(19)20)10(14)6-8/h4-6H,3,7H2,1-2H3,(H,15,18)(H,16,21)(H,19,20). The van der Waals surface area contributed by atoms with Crippen molar-refractivity contribution in [3.8, 4) is 0 Å². The Labute approximate surface area is 126 Å². The van der Waals surface area contributed by atoms with Gasteiger partial charge in [-0.05, 0) is 25.1 Å². The van der Waals surface area contributed by atoms with Crippen molar-refractivity contribution < 1.29 is 19.5 Å². The number of carboxylic acids is 1. The third kappa shape index (κ3) is 4.96. The number of hydrogen-bond acceptors (Lipinski definition) is 3. The van der Waals surface area contributed by atoms with E-state index in [1.54, 1.807) is 6.92 Å². The summed E-state index contributed by atoms with van der Waals surface area (Å²) in [6, 6.07) is 3.56. The Balaban J connectivity index is 2.68. The SMILES string of the molecule is CCNC(=O)CN(C)C(=O)Nc1ccc(C(=O)O)c(Cl)c1. The third-order valence-electron chi connectivity index (χ3n) is 2.55. The molecule has 0 aliphatic rings. The molecule has 0 radical (unpaired) electrons. The predicted molar refractivity (Wildman–Crippen MR) is 78.7 cm³/mol. The van der Waals surface area contributed by atoms with Gasteiger partial charge in [-0.15, -0.1) is 0 Å². The van der Waals surface area contributed by atoms with Gasteiger partial charge in [-0.1, -0.05) is 11.6 Å². The Kier molecular flexibility index (Phi) is 5.98. The lowest BCUT2D eigenvalue weighted by Gasteiger charge is -2.17. The number of rotatable bonds is 5. The van der Waals surface area contributed by atoms with E-state index < -0.39 is 12.0 Å². The Morgan fingerprint density at radius 3 is 2.52 bits per heavy atom. The number of urea groups is 1. The van der Waals surface area contributed by atoms with Crippen LogP contribution in [0.3, 0.4) is 0 Å². The Morgan fingerprint density at radius 1 is 1.33 bits per heavy atom. The summed E-state index contributed by atoms with van der Waals surface area (Å²) in [4.78, 5) is 35.2. The number of anilines is 1. The zero-order valence-corrected chi connectivity index (χ0v) is 12.4. The fraction of sp³-hybridized carbons (Fsp3) is 0.308. The van der Waals surface area contributed by atoms with E-state index in [-0.39, 0.29) is 23.0 Å². The largest absolute Gasteiger partial charge is 0.478 e. The summed E-state index contributed by atoms with van der Waals surface area (Å²) >= 11 is 5.80. The molecule has 1 rings (SSSR count). The normalized spacial score (nSPS) is 9.86. The molecule has 0 aliphatic heterocycles. The maximum atomic E-state index is 11.9. The van der Waals surface area contributed by atoms with Crippen LogP contribution in [0.4, 0.5) is 10.5 Å². The van der Waals surface area contributed by atoms with Crippen LogP contribution in [0.15, 0.2) is 18.2 Å². The second-order valence-corrected chi connectivity index (χ2v) is 4.65. The van der Waals surface area contributed by atoms with Gasteiger partial charge in [0.05, 0.1) is 10.6 Å². The van der Waals surface area contributed by atoms with E-state index in [4.69, 9.17) is 16.7 Å². The molecule has 0 spiro atoms. The molecular weight excluding hydrogens is 298 g/mol. The predicted octanol–water partition coefficient (Wildman–Crippen LogP) is 1.64. The van der Waals surface area contributed by atoms with Gasteiger partial charge in [-0.2, -0.15) is 0 Å². The molecule has 0 atom stereocenters. The van der Waals surface area contributed by atoms with Crippen LogP contribution in [0.25, 0.3) is 0 Å². The van der Waals surface area contributed by atoms with E-state index >= 15 is 0 Å². The number of hydrogen-bond donors (Lipinski definition) is 3. The van der Waals surface area contributed by atoms with Crippen LogP contribution in [-0.2, 0) is 4.79 Å². The molecule has 0 saturated heterocycles. The highest BCUT2D eigenvalue weighted by molar-refractivity contribution is 6.33. The quantitative estimate of drug-likeness (QED) is 0.769. The zero-order chi connectivity index (χ0) is 16.0. The molecule has 1 aromatic carbocycles. The molecule has 0 aromatic heterocycles. The molecule has 21 heavy (non-hydrogen) atoms. The van der Waals surface area contributed by atoms with Gasteiger partial charge in [0.2, 0.25) is 5.91 Å². The number of aromatic carboxylic acids is 1. The van der Waals surface area contributed by atoms with Gasteiger partial charge in [0.1, 0.15) is 6.54 Å². The zero-order valence-electron chi connectivity index (χ0n) is 11.6. The summed E-state index contributed by atoms with van der Waals surface area (Å²) in [5.41, 5.74) is 0.295. The maximum Gasteiger partial charge on any atom is 0.337 e. The Bertz CT molecular complexity index is 562. The molecule has 3 amide bonds. The molecule has 0 saturated carbocycles. The van der Waals surface area contributed by atoms with Crippen molar-refractivity contribution in [1.29, 1.82) is 0 Å². The molecule has 8 heteroatoms. The van der Waals surface area contributed by atoms with Crippen molar-refractivity contribution >= 4 is 35.2 Å². The minimum absolute atomic E-state index is 0.0201.